The van der Waals surface area contributed by atoms with Crippen LogP contribution in [0.25, 0.3) is 11.1 Å². The van der Waals surface area contributed by atoms with Gasteiger partial charge in [-0.2, -0.15) is 0 Å². The molecule has 2 aromatic carbocycles. The molecule has 0 unspecified atom stereocenters. The smallest absolute Gasteiger partial charge is 0.126 e. The van der Waals surface area contributed by atoms with E-state index in [9.17, 15) is 9.50 Å². The topological polar surface area (TPSA) is 29.5 Å². The molecular weight excluding hydrogens is 219 g/mol. The van der Waals surface area contributed by atoms with E-state index in [4.69, 9.17) is 4.74 Å². The number of rotatable bonds is 1. The first-order valence-corrected chi connectivity index (χ1v) is 5.49. The Morgan fingerprint density at radius 3 is 2.82 bits per heavy atom. The van der Waals surface area contributed by atoms with Gasteiger partial charge in [0.1, 0.15) is 17.3 Å². The van der Waals surface area contributed by atoms with E-state index in [1.54, 1.807) is 6.07 Å². The van der Waals surface area contributed by atoms with Crippen molar-refractivity contribution in [1.29, 1.82) is 0 Å². The van der Waals surface area contributed by atoms with Crippen LogP contribution in [0.5, 0.6) is 11.5 Å². The lowest BCUT2D eigenvalue weighted by Gasteiger charge is -2.06. The van der Waals surface area contributed by atoms with Crippen molar-refractivity contribution < 1.29 is 14.2 Å². The Kier molecular flexibility index (Phi) is 2.25. The van der Waals surface area contributed by atoms with Crippen molar-refractivity contribution in [3.05, 3.63) is 47.8 Å². The quantitative estimate of drug-likeness (QED) is 0.815. The molecule has 1 aliphatic rings. The lowest BCUT2D eigenvalue weighted by molar-refractivity contribution is 0.357. The van der Waals surface area contributed by atoms with Gasteiger partial charge in [-0.15, -0.1) is 0 Å². The van der Waals surface area contributed by atoms with Gasteiger partial charge >= 0.3 is 0 Å². The van der Waals surface area contributed by atoms with Crippen LogP contribution in [0.3, 0.4) is 0 Å². The molecule has 1 heterocycles. The summed E-state index contributed by atoms with van der Waals surface area (Å²) in [6.45, 7) is 0.703. The van der Waals surface area contributed by atoms with Gasteiger partial charge in [0, 0.05) is 18.1 Å². The van der Waals surface area contributed by atoms with Crippen LogP contribution in [0, 0.1) is 5.82 Å². The lowest BCUT2D eigenvalue weighted by atomic mass is 10.0. The number of phenols is 1. The number of hydrogen-bond donors (Lipinski definition) is 1. The van der Waals surface area contributed by atoms with Crippen LogP contribution in [0.15, 0.2) is 36.4 Å². The Morgan fingerprint density at radius 2 is 2.00 bits per heavy atom. The van der Waals surface area contributed by atoms with E-state index in [0.717, 1.165) is 29.4 Å². The van der Waals surface area contributed by atoms with E-state index in [0.29, 0.717) is 12.2 Å². The monoisotopic (exact) mass is 230 g/mol. The number of hydrogen-bond acceptors (Lipinski definition) is 2. The summed E-state index contributed by atoms with van der Waals surface area (Å²) in [5.74, 6) is 0.426. The summed E-state index contributed by atoms with van der Waals surface area (Å²) in [6, 6.07) is 9.80. The summed E-state index contributed by atoms with van der Waals surface area (Å²) >= 11 is 0. The van der Waals surface area contributed by atoms with Crippen LogP contribution in [-0.4, -0.2) is 11.7 Å². The van der Waals surface area contributed by atoms with Crippen LogP contribution in [0.2, 0.25) is 0 Å². The number of fused-ring (bicyclic) bond motifs is 1. The molecule has 0 bridgehead atoms. The lowest BCUT2D eigenvalue weighted by Crippen LogP contribution is -1.85. The zero-order valence-corrected chi connectivity index (χ0v) is 9.11. The Labute approximate surface area is 98.3 Å². The second kappa shape index (κ2) is 3.77. The third-order valence-electron chi connectivity index (χ3n) is 2.96. The van der Waals surface area contributed by atoms with Crippen molar-refractivity contribution in [2.24, 2.45) is 0 Å². The SMILES string of the molecule is Oc1cc(F)ccc1-c1ccc2c(c1)CCO2. The fourth-order valence-corrected chi connectivity index (χ4v) is 2.10. The van der Waals surface area contributed by atoms with Gasteiger partial charge in [-0.05, 0) is 35.4 Å². The molecule has 86 valence electrons. The maximum Gasteiger partial charge on any atom is 0.126 e. The average Bonchev–Trinajstić information content (AvgIpc) is 2.75. The highest BCUT2D eigenvalue weighted by atomic mass is 19.1. The van der Waals surface area contributed by atoms with Crippen molar-refractivity contribution >= 4 is 0 Å². The molecule has 2 nitrogen and oxygen atoms in total. The number of ether oxygens (including phenoxy) is 1. The maximum absolute atomic E-state index is 12.9. The van der Waals surface area contributed by atoms with Gasteiger partial charge < -0.3 is 9.84 Å². The Bertz CT molecular complexity index is 578. The highest BCUT2D eigenvalue weighted by Gasteiger charge is 2.14. The minimum Gasteiger partial charge on any atom is -0.507 e. The summed E-state index contributed by atoms with van der Waals surface area (Å²) in [7, 11) is 0. The maximum atomic E-state index is 12.9. The summed E-state index contributed by atoms with van der Waals surface area (Å²) in [5, 5.41) is 9.72. The van der Waals surface area contributed by atoms with Gasteiger partial charge in [0.05, 0.1) is 6.61 Å². The van der Waals surface area contributed by atoms with E-state index >= 15 is 0 Å². The average molecular weight is 230 g/mol. The molecule has 0 atom stereocenters. The fourth-order valence-electron chi connectivity index (χ4n) is 2.10. The van der Waals surface area contributed by atoms with Gasteiger partial charge in [-0.3, -0.25) is 0 Å². The summed E-state index contributed by atoms with van der Waals surface area (Å²) in [4.78, 5) is 0. The molecule has 1 aliphatic heterocycles. The van der Waals surface area contributed by atoms with Gasteiger partial charge in [-0.1, -0.05) is 6.07 Å². The molecule has 2 aromatic rings. The predicted octanol–water partition coefficient (Wildman–Crippen LogP) is 3.13. The van der Waals surface area contributed by atoms with Crippen LogP contribution >= 0.6 is 0 Å². The van der Waals surface area contributed by atoms with Gasteiger partial charge in [-0.25, -0.2) is 4.39 Å². The molecule has 0 saturated heterocycles. The second-order valence-corrected chi connectivity index (χ2v) is 4.08. The van der Waals surface area contributed by atoms with Crippen molar-refractivity contribution in [1.82, 2.24) is 0 Å². The zero-order chi connectivity index (χ0) is 11.8. The van der Waals surface area contributed by atoms with Crippen LogP contribution in [0.1, 0.15) is 5.56 Å². The van der Waals surface area contributed by atoms with Gasteiger partial charge in [0.15, 0.2) is 0 Å². The van der Waals surface area contributed by atoms with Crippen LogP contribution in [0.4, 0.5) is 4.39 Å². The summed E-state index contributed by atoms with van der Waals surface area (Å²) in [6.07, 6.45) is 0.880. The molecule has 17 heavy (non-hydrogen) atoms. The standard InChI is InChI=1S/C14H11FO2/c15-11-2-3-12(13(16)8-11)9-1-4-14-10(7-9)5-6-17-14/h1-4,7-8,16H,5-6H2. The van der Waals surface area contributed by atoms with Crippen molar-refractivity contribution in [2.45, 2.75) is 6.42 Å². The third kappa shape index (κ3) is 1.73. The normalized spacial score (nSPS) is 13.2. The molecule has 0 amide bonds. The Morgan fingerprint density at radius 1 is 1.12 bits per heavy atom. The first kappa shape index (κ1) is 10.1. The molecule has 3 rings (SSSR count). The fraction of sp³-hybridized carbons (Fsp3) is 0.143. The molecule has 0 aromatic heterocycles. The molecule has 0 saturated carbocycles. The van der Waals surface area contributed by atoms with Gasteiger partial charge in [0.2, 0.25) is 0 Å². The zero-order valence-electron chi connectivity index (χ0n) is 9.11. The molecule has 0 spiro atoms. The van der Waals surface area contributed by atoms with E-state index in [1.807, 2.05) is 18.2 Å². The van der Waals surface area contributed by atoms with Crippen LogP contribution < -0.4 is 4.74 Å². The number of phenolic OH excluding ortho intramolecular Hbond substituents is 1. The van der Waals surface area contributed by atoms with E-state index < -0.39 is 5.82 Å². The first-order valence-electron chi connectivity index (χ1n) is 5.49. The number of benzene rings is 2. The van der Waals surface area contributed by atoms with Crippen LogP contribution in [-0.2, 0) is 6.42 Å². The highest BCUT2D eigenvalue weighted by molar-refractivity contribution is 5.71. The number of aromatic hydroxyl groups is 1. The minimum atomic E-state index is -0.434. The third-order valence-corrected chi connectivity index (χ3v) is 2.96. The van der Waals surface area contributed by atoms with E-state index in [2.05, 4.69) is 0 Å². The predicted molar refractivity (Wildman–Crippen MR) is 62.7 cm³/mol. The van der Waals surface area contributed by atoms with Gasteiger partial charge in [0.25, 0.3) is 0 Å². The van der Waals surface area contributed by atoms with E-state index in [1.165, 1.54) is 6.07 Å². The first-order chi connectivity index (χ1) is 8.24. The molecule has 0 aliphatic carbocycles. The van der Waals surface area contributed by atoms with E-state index in [-0.39, 0.29) is 5.75 Å². The summed E-state index contributed by atoms with van der Waals surface area (Å²) < 4.78 is 18.3. The molecule has 1 N–H and O–H groups in total. The second-order valence-electron chi connectivity index (χ2n) is 4.08. The Hall–Kier alpha value is -2.03. The minimum absolute atomic E-state index is 0.0381. The molecule has 3 heteroatoms. The van der Waals surface area contributed by atoms with Crippen molar-refractivity contribution in [3.8, 4) is 22.6 Å². The largest absolute Gasteiger partial charge is 0.507 e. The molecular formula is C14H11FO2. The highest BCUT2D eigenvalue weighted by Crippen LogP contribution is 2.34. The molecule has 0 fully saturated rings. The van der Waals surface area contributed by atoms with Crippen molar-refractivity contribution in [2.75, 3.05) is 6.61 Å². The number of halogens is 1. The summed E-state index contributed by atoms with van der Waals surface area (Å²) in [5.41, 5.74) is 2.65. The Balaban J connectivity index is 2.09. The molecule has 0 radical (unpaired) electrons. The van der Waals surface area contributed by atoms with Crippen molar-refractivity contribution in [3.63, 3.8) is 0 Å².